The summed E-state index contributed by atoms with van der Waals surface area (Å²) in [6.07, 6.45) is 0. The Morgan fingerprint density at radius 2 is 2.12 bits per heavy atom. The van der Waals surface area contributed by atoms with Gasteiger partial charge in [0.05, 0.1) is 4.92 Å². The number of rotatable bonds is 5. The summed E-state index contributed by atoms with van der Waals surface area (Å²) in [5.41, 5.74) is 1.44. The summed E-state index contributed by atoms with van der Waals surface area (Å²) >= 11 is 0. The molecule has 0 spiro atoms. The normalized spacial score (nSPS) is 10.5. The zero-order valence-corrected chi connectivity index (χ0v) is 9.86. The number of hydrogen-bond donors (Lipinski definition) is 1. The molecule has 0 aromatic heterocycles. The van der Waals surface area contributed by atoms with Crippen molar-refractivity contribution < 1.29 is 4.92 Å². The highest BCUT2D eigenvalue weighted by atomic mass is 16.6. The number of nitro groups is 1. The van der Waals surface area contributed by atoms with Crippen molar-refractivity contribution >= 4 is 11.4 Å². The van der Waals surface area contributed by atoms with Gasteiger partial charge in [-0.3, -0.25) is 10.1 Å². The third-order valence-electron chi connectivity index (χ3n) is 2.29. The van der Waals surface area contributed by atoms with Gasteiger partial charge in [0, 0.05) is 18.7 Å². The lowest BCUT2D eigenvalue weighted by molar-refractivity contribution is -0.384. The lowest BCUT2D eigenvalue weighted by Crippen LogP contribution is -2.21. The molecule has 88 valence electrons. The Kier molecular flexibility index (Phi) is 4.25. The van der Waals surface area contributed by atoms with Crippen molar-refractivity contribution in [3.8, 4) is 0 Å². The van der Waals surface area contributed by atoms with Crippen molar-refractivity contribution in [3.63, 3.8) is 0 Å². The lowest BCUT2D eigenvalue weighted by atomic mass is 10.1. The van der Waals surface area contributed by atoms with E-state index in [9.17, 15) is 10.1 Å². The van der Waals surface area contributed by atoms with E-state index >= 15 is 0 Å². The fourth-order valence-electron chi connectivity index (χ4n) is 1.46. The first-order valence-corrected chi connectivity index (χ1v) is 5.15. The monoisotopic (exact) mass is 223 g/mol. The minimum atomic E-state index is -0.340. The Balaban J connectivity index is 2.79. The average molecular weight is 223 g/mol. The van der Waals surface area contributed by atoms with E-state index in [0.29, 0.717) is 17.8 Å². The van der Waals surface area contributed by atoms with Gasteiger partial charge in [-0.25, -0.2) is 0 Å². The first-order chi connectivity index (χ1) is 7.52. The van der Waals surface area contributed by atoms with Crippen LogP contribution in [0.25, 0.3) is 0 Å². The molecule has 0 aliphatic heterocycles. The Labute approximate surface area is 95.2 Å². The van der Waals surface area contributed by atoms with Gasteiger partial charge in [-0.05, 0) is 27.1 Å². The second kappa shape index (κ2) is 5.46. The molecule has 5 heteroatoms. The van der Waals surface area contributed by atoms with Crippen LogP contribution in [0.3, 0.4) is 0 Å². The highest BCUT2D eigenvalue weighted by molar-refractivity contribution is 5.64. The Bertz CT molecular complexity index is 377. The number of anilines is 1. The van der Waals surface area contributed by atoms with Crippen LogP contribution in [-0.2, 0) is 0 Å². The third-order valence-corrected chi connectivity index (χ3v) is 2.29. The van der Waals surface area contributed by atoms with Gasteiger partial charge in [0.2, 0.25) is 0 Å². The molecule has 1 N–H and O–H groups in total. The van der Waals surface area contributed by atoms with Crippen LogP contribution in [0.4, 0.5) is 11.4 Å². The van der Waals surface area contributed by atoms with Crippen LogP contribution in [0.5, 0.6) is 0 Å². The minimum absolute atomic E-state index is 0.168. The summed E-state index contributed by atoms with van der Waals surface area (Å²) in [5, 5.41) is 14.0. The van der Waals surface area contributed by atoms with Crippen molar-refractivity contribution in [1.82, 2.24) is 4.90 Å². The van der Waals surface area contributed by atoms with Crippen LogP contribution in [0.15, 0.2) is 18.2 Å². The smallest absolute Gasteiger partial charge is 0.295 e. The maximum atomic E-state index is 10.9. The zero-order valence-electron chi connectivity index (χ0n) is 9.86. The summed E-state index contributed by atoms with van der Waals surface area (Å²) in [6, 6.07) is 5.30. The molecule has 16 heavy (non-hydrogen) atoms. The van der Waals surface area contributed by atoms with E-state index in [-0.39, 0.29) is 10.6 Å². The van der Waals surface area contributed by atoms with Crippen molar-refractivity contribution in [3.05, 3.63) is 33.9 Å². The maximum Gasteiger partial charge on any atom is 0.295 e. The van der Waals surface area contributed by atoms with Crippen molar-refractivity contribution in [2.24, 2.45) is 0 Å². The average Bonchev–Trinajstić information content (AvgIpc) is 2.16. The minimum Gasteiger partial charge on any atom is -0.378 e. The van der Waals surface area contributed by atoms with Crippen LogP contribution >= 0.6 is 0 Å². The summed E-state index contributed by atoms with van der Waals surface area (Å²) in [4.78, 5) is 12.6. The molecule has 0 atom stereocenters. The topological polar surface area (TPSA) is 58.4 Å². The van der Waals surface area contributed by atoms with Crippen molar-refractivity contribution in [1.29, 1.82) is 0 Å². The van der Waals surface area contributed by atoms with Crippen LogP contribution in [-0.4, -0.2) is 37.0 Å². The maximum absolute atomic E-state index is 10.9. The van der Waals surface area contributed by atoms with Gasteiger partial charge >= 0.3 is 0 Å². The van der Waals surface area contributed by atoms with E-state index in [1.807, 2.05) is 25.1 Å². The van der Waals surface area contributed by atoms with Gasteiger partial charge in [0.1, 0.15) is 5.69 Å². The fraction of sp³-hybridized carbons (Fsp3) is 0.455. The highest BCUT2D eigenvalue weighted by Gasteiger charge is 2.15. The van der Waals surface area contributed by atoms with Gasteiger partial charge in [0.25, 0.3) is 5.69 Å². The highest BCUT2D eigenvalue weighted by Crippen LogP contribution is 2.27. The van der Waals surface area contributed by atoms with Gasteiger partial charge < -0.3 is 10.2 Å². The molecule has 0 bridgehead atoms. The SMILES string of the molecule is Cc1cccc(NCCN(C)C)c1[N+](=O)[O-]. The number of nitro benzene ring substituents is 1. The first kappa shape index (κ1) is 12.4. The second-order valence-corrected chi connectivity index (χ2v) is 3.96. The summed E-state index contributed by atoms with van der Waals surface area (Å²) in [7, 11) is 3.93. The van der Waals surface area contributed by atoms with E-state index in [2.05, 4.69) is 5.32 Å². The van der Waals surface area contributed by atoms with Crippen molar-refractivity contribution in [2.75, 3.05) is 32.5 Å². The molecule has 0 heterocycles. The van der Waals surface area contributed by atoms with Gasteiger partial charge in [0.15, 0.2) is 0 Å². The quantitative estimate of drug-likeness (QED) is 0.611. The summed E-state index contributed by atoms with van der Waals surface area (Å²) < 4.78 is 0. The number of likely N-dealkylation sites (N-methyl/N-ethyl adjacent to an activating group) is 1. The Morgan fingerprint density at radius 3 is 2.69 bits per heavy atom. The van der Waals surface area contributed by atoms with E-state index in [0.717, 1.165) is 6.54 Å². The third kappa shape index (κ3) is 3.20. The largest absolute Gasteiger partial charge is 0.378 e. The number of nitrogens with zero attached hydrogens (tertiary/aromatic N) is 2. The predicted molar refractivity (Wildman–Crippen MR) is 64.9 cm³/mol. The molecule has 0 saturated carbocycles. The first-order valence-electron chi connectivity index (χ1n) is 5.15. The van der Waals surface area contributed by atoms with Crippen molar-refractivity contribution in [2.45, 2.75) is 6.92 Å². The molecule has 0 amide bonds. The van der Waals surface area contributed by atoms with Gasteiger partial charge in [-0.2, -0.15) is 0 Å². The summed E-state index contributed by atoms with van der Waals surface area (Å²) in [5.74, 6) is 0. The summed E-state index contributed by atoms with van der Waals surface area (Å²) in [6.45, 7) is 3.28. The van der Waals surface area contributed by atoms with Gasteiger partial charge in [-0.15, -0.1) is 0 Å². The molecule has 1 aromatic rings. The molecule has 1 aromatic carbocycles. The van der Waals surface area contributed by atoms with E-state index in [1.54, 1.807) is 19.1 Å². The van der Waals surface area contributed by atoms with Gasteiger partial charge in [-0.1, -0.05) is 12.1 Å². The number of para-hydroxylation sites is 1. The standard InChI is InChI=1S/C11H17N3O2/c1-9-5-4-6-10(11(9)14(15)16)12-7-8-13(2)3/h4-6,12H,7-8H2,1-3H3. The Morgan fingerprint density at radius 1 is 1.44 bits per heavy atom. The second-order valence-electron chi connectivity index (χ2n) is 3.96. The molecule has 0 aliphatic rings. The fourth-order valence-corrected chi connectivity index (χ4v) is 1.46. The van der Waals surface area contributed by atoms with Crippen LogP contribution in [0, 0.1) is 17.0 Å². The molecule has 0 unspecified atom stereocenters. The molecule has 1 rings (SSSR count). The van der Waals surface area contributed by atoms with E-state index < -0.39 is 0 Å². The molecular weight excluding hydrogens is 206 g/mol. The van der Waals surface area contributed by atoms with E-state index in [1.165, 1.54) is 0 Å². The molecule has 0 saturated heterocycles. The van der Waals surface area contributed by atoms with Crippen LogP contribution in [0.1, 0.15) is 5.56 Å². The number of benzene rings is 1. The number of nitrogens with one attached hydrogen (secondary N) is 1. The Hall–Kier alpha value is -1.62. The molecular formula is C11H17N3O2. The lowest BCUT2D eigenvalue weighted by Gasteiger charge is -2.12. The molecule has 0 radical (unpaired) electrons. The van der Waals surface area contributed by atoms with Crippen LogP contribution in [0.2, 0.25) is 0 Å². The number of aryl methyl sites for hydroxylation is 1. The van der Waals surface area contributed by atoms with E-state index in [4.69, 9.17) is 0 Å². The number of hydrogen-bond acceptors (Lipinski definition) is 4. The zero-order chi connectivity index (χ0) is 12.1. The van der Waals surface area contributed by atoms with Crippen LogP contribution < -0.4 is 5.32 Å². The predicted octanol–water partition coefficient (Wildman–Crippen LogP) is 1.88. The molecule has 0 aliphatic carbocycles. The molecule has 5 nitrogen and oxygen atoms in total. The molecule has 0 fully saturated rings.